The average Bonchev–Trinajstić information content (AvgIpc) is 2.37. The summed E-state index contributed by atoms with van der Waals surface area (Å²) >= 11 is 5.72. The number of hydrogen-bond acceptors (Lipinski definition) is 4. The Morgan fingerprint density at radius 2 is 2.05 bits per heavy atom. The zero-order valence-electron chi connectivity index (χ0n) is 11.3. The minimum Gasteiger partial charge on any atom is -0.397 e. The van der Waals surface area contributed by atoms with Crippen LogP contribution >= 0.6 is 11.6 Å². The third-order valence-corrected chi connectivity index (χ3v) is 4.15. The number of hydrogen-bond donors (Lipinski definition) is 3. The molecule has 20 heavy (non-hydrogen) atoms. The SMILES string of the molecule is CC(C)CNC(=O)CNS(=O)(=O)c1ccc(Cl)c(N)c1. The first-order valence-corrected chi connectivity index (χ1v) is 7.90. The summed E-state index contributed by atoms with van der Waals surface area (Å²) in [4.78, 5) is 11.4. The highest BCUT2D eigenvalue weighted by molar-refractivity contribution is 7.89. The van der Waals surface area contributed by atoms with E-state index in [1.54, 1.807) is 0 Å². The van der Waals surface area contributed by atoms with Crippen LogP contribution in [0.4, 0.5) is 5.69 Å². The highest BCUT2D eigenvalue weighted by Gasteiger charge is 2.16. The van der Waals surface area contributed by atoms with Crippen LogP contribution in [0.1, 0.15) is 13.8 Å². The van der Waals surface area contributed by atoms with Gasteiger partial charge >= 0.3 is 0 Å². The molecule has 0 saturated carbocycles. The van der Waals surface area contributed by atoms with Crippen molar-refractivity contribution in [3.63, 3.8) is 0 Å². The number of rotatable bonds is 6. The Labute approximate surface area is 123 Å². The molecule has 1 aromatic carbocycles. The van der Waals surface area contributed by atoms with E-state index < -0.39 is 10.0 Å². The lowest BCUT2D eigenvalue weighted by Crippen LogP contribution is -2.38. The van der Waals surface area contributed by atoms with Crippen molar-refractivity contribution in [3.05, 3.63) is 23.2 Å². The van der Waals surface area contributed by atoms with E-state index in [0.717, 1.165) is 0 Å². The highest BCUT2D eigenvalue weighted by Crippen LogP contribution is 2.21. The summed E-state index contributed by atoms with van der Waals surface area (Å²) in [5, 5.41) is 2.89. The second-order valence-electron chi connectivity index (χ2n) is 4.71. The van der Waals surface area contributed by atoms with E-state index in [2.05, 4.69) is 10.0 Å². The first-order chi connectivity index (χ1) is 9.22. The standard InChI is InChI=1S/C12H18ClN3O3S/c1-8(2)6-15-12(17)7-16-20(18,19)9-3-4-10(13)11(14)5-9/h3-5,8,16H,6-7,14H2,1-2H3,(H,15,17). The summed E-state index contributed by atoms with van der Waals surface area (Å²) < 4.78 is 26.1. The molecule has 8 heteroatoms. The number of anilines is 1. The normalized spacial score (nSPS) is 11.6. The maximum Gasteiger partial charge on any atom is 0.241 e. The lowest BCUT2D eigenvalue weighted by Gasteiger charge is -2.10. The van der Waals surface area contributed by atoms with Gasteiger partial charge in [-0.1, -0.05) is 25.4 Å². The molecule has 6 nitrogen and oxygen atoms in total. The maximum absolute atomic E-state index is 11.9. The molecule has 1 aromatic rings. The average molecular weight is 320 g/mol. The molecule has 0 spiro atoms. The largest absolute Gasteiger partial charge is 0.397 e. The van der Waals surface area contributed by atoms with Crippen molar-refractivity contribution in [1.29, 1.82) is 0 Å². The summed E-state index contributed by atoms with van der Waals surface area (Å²) in [6.07, 6.45) is 0. The number of halogens is 1. The smallest absolute Gasteiger partial charge is 0.241 e. The second-order valence-corrected chi connectivity index (χ2v) is 6.88. The van der Waals surface area contributed by atoms with Crippen LogP contribution in [0.5, 0.6) is 0 Å². The van der Waals surface area contributed by atoms with E-state index in [9.17, 15) is 13.2 Å². The molecule has 0 fully saturated rings. The van der Waals surface area contributed by atoms with Gasteiger partial charge in [0, 0.05) is 6.54 Å². The molecule has 0 radical (unpaired) electrons. The van der Waals surface area contributed by atoms with E-state index >= 15 is 0 Å². The van der Waals surface area contributed by atoms with Crippen LogP contribution < -0.4 is 15.8 Å². The first-order valence-electron chi connectivity index (χ1n) is 6.04. The van der Waals surface area contributed by atoms with Gasteiger partial charge in [-0.15, -0.1) is 0 Å². The zero-order valence-corrected chi connectivity index (χ0v) is 12.9. The van der Waals surface area contributed by atoms with E-state index in [-0.39, 0.29) is 28.1 Å². The van der Waals surface area contributed by atoms with Crippen molar-refractivity contribution in [2.75, 3.05) is 18.8 Å². The van der Waals surface area contributed by atoms with Crippen molar-refractivity contribution in [2.45, 2.75) is 18.7 Å². The van der Waals surface area contributed by atoms with Crippen molar-refractivity contribution in [1.82, 2.24) is 10.0 Å². The van der Waals surface area contributed by atoms with Gasteiger partial charge in [0.05, 0.1) is 22.2 Å². The van der Waals surface area contributed by atoms with E-state index in [4.69, 9.17) is 17.3 Å². The monoisotopic (exact) mass is 319 g/mol. The van der Waals surface area contributed by atoms with Crippen LogP contribution in [-0.2, 0) is 14.8 Å². The fourth-order valence-electron chi connectivity index (χ4n) is 1.31. The van der Waals surface area contributed by atoms with Crippen molar-refractivity contribution < 1.29 is 13.2 Å². The third kappa shape index (κ3) is 4.99. The van der Waals surface area contributed by atoms with Gasteiger partial charge in [0.25, 0.3) is 0 Å². The quantitative estimate of drug-likeness (QED) is 0.680. The highest BCUT2D eigenvalue weighted by atomic mass is 35.5. The number of nitrogens with one attached hydrogen (secondary N) is 2. The zero-order chi connectivity index (χ0) is 15.3. The summed E-state index contributed by atoms with van der Waals surface area (Å²) in [6, 6.07) is 3.97. The Morgan fingerprint density at radius 1 is 1.40 bits per heavy atom. The molecular formula is C12H18ClN3O3S. The predicted octanol–water partition coefficient (Wildman–Crippen LogP) is 0.973. The molecule has 1 rings (SSSR count). The Bertz CT molecular complexity index is 588. The molecular weight excluding hydrogens is 302 g/mol. The number of amides is 1. The summed E-state index contributed by atoms with van der Waals surface area (Å²) in [5.74, 6) is -0.0872. The summed E-state index contributed by atoms with van der Waals surface area (Å²) in [7, 11) is -3.78. The van der Waals surface area contributed by atoms with E-state index in [0.29, 0.717) is 12.5 Å². The topological polar surface area (TPSA) is 101 Å². The summed E-state index contributed by atoms with van der Waals surface area (Å²) in [6.45, 7) is 4.06. The molecule has 0 aliphatic rings. The molecule has 0 atom stereocenters. The Balaban J connectivity index is 2.66. The van der Waals surface area contributed by atoms with Crippen molar-refractivity contribution in [3.8, 4) is 0 Å². The number of nitrogens with two attached hydrogens (primary N) is 1. The number of sulfonamides is 1. The number of benzene rings is 1. The minimum absolute atomic E-state index is 0.0314. The van der Waals surface area contributed by atoms with Gasteiger partial charge in [-0.05, 0) is 24.1 Å². The molecule has 0 aromatic heterocycles. The van der Waals surface area contributed by atoms with Gasteiger partial charge in [0.2, 0.25) is 15.9 Å². The molecule has 0 heterocycles. The molecule has 4 N–H and O–H groups in total. The fraction of sp³-hybridized carbons (Fsp3) is 0.417. The van der Waals surface area contributed by atoms with Gasteiger partial charge in [-0.25, -0.2) is 13.1 Å². The van der Waals surface area contributed by atoms with Gasteiger partial charge in [0.1, 0.15) is 0 Å². The van der Waals surface area contributed by atoms with Crippen LogP contribution in [0.15, 0.2) is 23.1 Å². The van der Waals surface area contributed by atoms with Gasteiger partial charge in [0.15, 0.2) is 0 Å². The Morgan fingerprint density at radius 3 is 2.60 bits per heavy atom. The first kappa shape index (κ1) is 16.7. The lowest BCUT2D eigenvalue weighted by atomic mass is 10.2. The molecule has 0 unspecified atom stereocenters. The molecule has 0 saturated heterocycles. The van der Waals surface area contributed by atoms with E-state index in [1.807, 2.05) is 13.8 Å². The molecule has 112 valence electrons. The minimum atomic E-state index is -3.78. The third-order valence-electron chi connectivity index (χ3n) is 2.41. The molecule has 0 aliphatic carbocycles. The van der Waals surface area contributed by atoms with Crippen LogP contribution in [0.3, 0.4) is 0 Å². The Kier molecular flexibility index (Phi) is 5.79. The van der Waals surface area contributed by atoms with Crippen LogP contribution in [0, 0.1) is 5.92 Å². The molecule has 0 aliphatic heterocycles. The predicted molar refractivity (Wildman–Crippen MR) is 78.9 cm³/mol. The number of carbonyl (C=O) groups is 1. The summed E-state index contributed by atoms with van der Waals surface area (Å²) in [5.41, 5.74) is 5.72. The molecule has 1 amide bonds. The van der Waals surface area contributed by atoms with Crippen LogP contribution in [-0.4, -0.2) is 27.4 Å². The van der Waals surface area contributed by atoms with Gasteiger partial charge in [-0.2, -0.15) is 0 Å². The van der Waals surface area contributed by atoms with Crippen LogP contribution in [0.2, 0.25) is 5.02 Å². The second kappa shape index (κ2) is 6.92. The van der Waals surface area contributed by atoms with E-state index in [1.165, 1.54) is 18.2 Å². The van der Waals surface area contributed by atoms with Gasteiger partial charge < -0.3 is 11.1 Å². The number of carbonyl (C=O) groups excluding carboxylic acids is 1. The fourth-order valence-corrected chi connectivity index (χ4v) is 2.45. The number of nitrogen functional groups attached to an aromatic ring is 1. The lowest BCUT2D eigenvalue weighted by molar-refractivity contribution is -0.120. The maximum atomic E-state index is 11.9. The molecule has 0 bridgehead atoms. The van der Waals surface area contributed by atoms with Crippen molar-refractivity contribution >= 4 is 33.2 Å². The van der Waals surface area contributed by atoms with Gasteiger partial charge in [-0.3, -0.25) is 4.79 Å². The van der Waals surface area contributed by atoms with Crippen molar-refractivity contribution in [2.24, 2.45) is 5.92 Å². The Hall–Kier alpha value is -1.31. The van der Waals surface area contributed by atoms with Crippen LogP contribution in [0.25, 0.3) is 0 Å².